The molecule has 2 unspecified atom stereocenters. The van der Waals surface area contributed by atoms with Crippen LogP contribution in [0.1, 0.15) is 91.9 Å². The zero-order valence-electron chi connectivity index (χ0n) is 17.4. The number of likely N-dealkylation sites (N-methyl/N-ethyl adjacent to an activating group) is 1. The summed E-state index contributed by atoms with van der Waals surface area (Å²) >= 11 is 0. The molecule has 0 radical (unpaired) electrons. The van der Waals surface area contributed by atoms with Crippen molar-refractivity contribution in [2.24, 2.45) is 5.92 Å². The van der Waals surface area contributed by atoms with Crippen molar-refractivity contribution in [1.29, 1.82) is 0 Å². The van der Waals surface area contributed by atoms with Crippen LogP contribution in [-0.4, -0.2) is 52.1 Å². The maximum absolute atomic E-state index is 10.2. The molecule has 0 saturated heterocycles. The van der Waals surface area contributed by atoms with Crippen LogP contribution in [0.2, 0.25) is 0 Å². The molecule has 25 heavy (non-hydrogen) atoms. The Kier molecular flexibility index (Phi) is 16.6. The minimum atomic E-state index is -1.09. The van der Waals surface area contributed by atoms with Crippen molar-refractivity contribution in [3.63, 3.8) is 0 Å². The van der Waals surface area contributed by atoms with E-state index in [1.54, 1.807) is 25.9 Å². The number of aliphatic hydroxyl groups excluding tert-OH is 1. The number of nitrogens with zero attached hydrogens (tertiary/aromatic N) is 1. The third kappa shape index (κ3) is 15.3. The summed E-state index contributed by atoms with van der Waals surface area (Å²) in [5.74, 6) is -0.294. The predicted octanol–water partition coefficient (Wildman–Crippen LogP) is 4.27. The summed E-state index contributed by atoms with van der Waals surface area (Å²) in [5, 5.41) is 27.8. The van der Waals surface area contributed by atoms with E-state index in [2.05, 4.69) is 6.92 Å². The quantitative estimate of drug-likeness (QED) is 0.337. The Labute approximate surface area is 155 Å². The molecule has 0 aromatic heterocycles. The Morgan fingerprint density at radius 3 is 1.68 bits per heavy atom. The lowest BCUT2D eigenvalue weighted by Crippen LogP contribution is -2.53. The van der Waals surface area contributed by atoms with Crippen LogP contribution >= 0.6 is 0 Å². The average Bonchev–Trinajstić information content (AvgIpc) is 2.49. The van der Waals surface area contributed by atoms with Crippen LogP contribution in [-0.2, 0) is 4.79 Å². The lowest BCUT2D eigenvalue weighted by molar-refractivity contribution is -0.165. The number of hydrogen-bond acceptors (Lipinski definition) is 4. The number of hydrogen-bond donors (Lipinski definition) is 3. The lowest BCUT2D eigenvalue weighted by atomic mass is 9.95. The molecule has 0 saturated carbocycles. The maximum Gasteiger partial charge on any atom is 0.303 e. The maximum atomic E-state index is 10.2. The molecule has 5 nitrogen and oxygen atoms in total. The van der Waals surface area contributed by atoms with Crippen LogP contribution in [0, 0.1) is 5.92 Å². The van der Waals surface area contributed by atoms with Gasteiger partial charge in [0.2, 0.25) is 0 Å². The average molecular weight is 362 g/mol. The largest absolute Gasteiger partial charge is 0.481 e. The normalized spacial score (nSPS) is 14.8. The minimum Gasteiger partial charge on any atom is -0.481 e. The molecular formula is C20H43NO4. The Bertz CT molecular complexity index is 309. The number of carboxylic acid groups (broad SMARTS) is 1. The number of unbranched alkanes of at least 4 members (excludes halogenated alkanes) is 7. The summed E-state index contributed by atoms with van der Waals surface area (Å²) in [5.41, 5.74) is -1.09. The second kappa shape index (κ2) is 15.6. The fourth-order valence-corrected chi connectivity index (χ4v) is 2.74. The van der Waals surface area contributed by atoms with Crippen LogP contribution < -0.4 is 0 Å². The molecule has 0 aromatic carbocycles. The third-order valence-electron chi connectivity index (χ3n) is 4.40. The number of aliphatic carboxylic acids is 1. The summed E-state index contributed by atoms with van der Waals surface area (Å²) in [7, 11) is 3.55. The monoisotopic (exact) mass is 361 g/mol. The van der Waals surface area contributed by atoms with E-state index < -0.39 is 17.8 Å². The summed E-state index contributed by atoms with van der Waals surface area (Å²) < 4.78 is 0. The first-order valence-corrected chi connectivity index (χ1v) is 9.87. The van der Waals surface area contributed by atoms with Crippen molar-refractivity contribution in [3.05, 3.63) is 0 Å². The molecule has 0 heterocycles. The number of aliphatic hydroxyl groups is 2. The molecule has 0 aliphatic carbocycles. The fraction of sp³-hybridized carbons (Fsp3) is 0.950. The minimum absolute atomic E-state index is 0.342. The molecule has 0 fully saturated rings. The Morgan fingerprint density at radius 1 is 0.960 bits per heavy atom. The second-order valence-corrected chi connectivity index (χ2v) is 7.67. The van der Waals surface area contributed by atoms with Gasteiger partial charge in [-0.25, -0.2) is 0 Å². The highest BCUT2D eigenvalue weighted by Gasteiger charge is 2.35. The van der Waals surface area contributed by atoms with Crippen molar-refractivity contribution in [2.75, 3.05) is 14.1 Å². The number of carboxylic acids is 1. The number of rotatable bonds is 13. The van der Waals surface area contributed by atoms with Gasteiger partial charge < -0.3 is 15.3 Å². The van der Waals surface area contributed by atoms with E-state index in [4.69, 9.17) is 5.11 Å². The van der Waals surface area contributed by atoms with Crippen LogP contribution in [0.4, 0.5) is 0 Å². The Balaban J connectivity index is 0. The highest BCUT2D eigenvalue weighted by molar-refractivity contribution is 5.66. The first-order valence-electron chi connectivity index (χ1n) is 9.87. The molecule has 5 heteroatoms. The van der Waals surface area contributed by atoms with Gasteiger partial charge in [-0.2, -0.15) is 0 Å². The van der Waals surface area contributed by atoms with Gasteiger partial charge in [-0.3, -0.25) is 9.69 Å². The zero-order chi connectivity index (χ0) is 19.9. The molecule has 0 aliphatic rings. The summed E-state index contributed by atoms with van der Waals surface area (Å²) in [4.78, 5) is 11.8. The smallest absolute Gasteiger partial charge is 0.303 e. The highest BCUT2D eigenvalue weighted by Crippen LogP contribution is 2.22. The Morgan fingerprint density at radius 2 is 1.40 bits per heavy atom. The molecule has 0 aromatic rings. The third-order valence-corrected chi connectivity index (χ3v) is 4.40. The fourth-order valence-electron chi connectivity index (χ4n) is 2.74. The molecule has 0 bridgehead atoms. The second-order valence-electron chi connectivity index (χ2n) is 7.67. The van der Waals surface area contributed by atoms with E-state index in [-0.39, 0.29) is 0 Å². The van der Waals surface area contributed by atoms with Gasteiger partial charge in [-0.15, -0.1) is 0 Å². The molecule has 2 atom stereocenters. The van der Waals surface area contributed by atoms with Crippen molar-refractivity contribution >= 4 is 5.97 Å². The summed E-state index contributed by atoms with van der Waals surface area (Å²) in [6.07, 6.45) is 9.91. The number of carbonyl (C=O) groups is 1. The Hall–Kier alpha value is -0.650. The molecule has 152 valence electrons. The van der Waals surface area contributed by atoms with Crippen LogP contribution in [0.3, 0.4) is 0 Å². The van der Waals surface area contributed by atoms with E-state index in [0.29, 0.717) is 18.8 Å². The molecule has 0 spiro atoms. The molecular weight excluding hydrogens is 318 g/mol. The van der Waals surface area contributed by atoms with E-state index in [1.807, 2.05) is 13.8 Å². The van der Waals surface area contributed by atoms with Crippen molar-refractivity contribution < 1.29 is 20.1 Å². The van der Waals surface area contributed by atoms with Crippen molar-refractivity contribution in [2.45, 2.75) is 104 Å². The van der Waals surface area contributed by atoms with Gasteiger partial charge in [0.05, 0.1) is 6.10 Å². The topological polar surface area (TPSA) is 81.0 Å². The van der Waals surface area contributed by atoms with Crippen LogP contribution in [0.5, 0.6) is 0 Å². The lowest BCUT2D eigenvalue weighted by Gasteiger charge is -2.38. The van der Waals surface area contributed by atoms with Gasteiger partial charge in [0.25, 0.3) is 0 Å². The van der Waals surface area contributed by atoms with Gasteiger partial charge in [0.15, 0.2) is 0 Å². The predicted molar refractivity (Wildman–Crippen MR) is 105 cm³/mol. The molecule has 0 aliphatic heterocycles. The van der Waals surface area contributed by atoms with E-state index in [0.717, 1.165) is 12.8 Å². The van der Waals surface area contributed by atoms with Gasteiger partial charge in [-0.1, -0.05) is 65.7 Å². The highest BCUT2D eigenvalue weighted by atomic mass is 16.4. The summed E-state index contributed by atoms with van der Waals surface area (Å²) in [6.45, 7) is 7.88. The van der Waals surface area contributed by atoms with Gasteiger partial charge >= 0.3 is 5.97 Å². The van der Waals surface area contributed by atoms with Crippen molar-refractivity contribution in [1.82, 2.24) is 4.90 Å². The summed E-state index contributed by atoms with van der Waals surface area (Å²) in [6, 6.07) is 0. The molecule has 0 amide bonds. The van der Waals surface area contributed by atoms with E-state index in [9.17, 15) is 15.0 Å². The van der Waals surface area contributed by atoms with Gasteiger partial charge in [0.1, 0.15) is 5.72 Å². The molecule has 0 rings (SSSR count). The van der Waals surface area contributed by atoms with Crippen LogP contribution in [0.25, 0.3) is 0 Å². The van der Waals surface area contributed by atoms with E-state index in [1.165, 1.54) is 38.5 Å². The van der Waals surface area contributed by atoms with Crippen molar-refractivity contribution in [3.8, 4) is 0 Å². The first kappa shape index (κ1) is 26.6. The van der Waals surface area contributed by atoms with Gasteiger partial charge in [-0.05, 0) is 39.8 Å². The standard InChI is InChI=1S/C11H22O2.C9H21NO2/c1-2-3-4-5-6-7-8-9-10-11(12)13;1-7(2)6-9(12,8(3)11)10(4)5/h2-10H2,1H3,(H,12,13);7-8,11-12H,6H2,1-5H3. The van der Waals surface area contributed by atoms with E-state index >= 15 is 0 Å². The molecule has 3 N–H and O–H groups in total. The van der Waals surface area contributed by atoms with Crippen LogP contribution in [0.15, 0.2) is 0 Å². The first-order chi connectivity index (χ1) is 11.6. The SMILES string of the molecule is CC(C)CC(O)(C(C)O)N(C)C.CCCCCCCCCCC(=O)O. The zero-order valence-corrected chi connectivity index (χ0v) is 17.4. The van der Waals surface area contributed by atoms with Gasteiger partial charge in [0, 0.05) is 6.42 Å².